The van der Waals surface area contributed by atoms with Crippen molar-refractivity contribution in [2.75, 3.05) is 19.6 Å². The van der Waals surface area contributed by atoms with E-state index in [4.69, 9.17) is 4.74 Å². The average molecular weight is 197 g/mol. The van der Waals surface area contributed by atoms with Crippen LogP contribution in [0.2, 0.25) is 0 Å². The van der Waals surface area contributed by atoms with Gasteiger partial charge in [0.15, 0.2) is 0 Å². The van der Waals surface area contributed by atoms with E-state index in [-0.39, 0.29) is 0 Å². The van der Waals surface area contributed by atoms with Gasteiger partial charge in [0.1, 0.15) is 5.78 Å². The van der Waals surface area contributed by atoms with Crippen LogP contribution in [-0.2, 0) is 9.53 Å². The second-order valence-electron chi connectivity index (χ2n) is 4.52. The molecule has 0 N–H and O–H groups in total. The highest BCUT2D eigenvalue weighted by molar-refractivity contribution is 5.81. The van der Waals surface area contributed by atoms with Crippen LogP contribution >= 0.6 is 0 Å². The minimum Gasteiger partial charge on any atom is -0.374 e. The van der Waals surface area contributed by atoms with Crippen molar-refractivity contribution in [3.05, 3.63) is 0 Å². The molecule has 0 aromatic rings. The molecule has 2 heterocycles. The van der Waals surface area contributed by atoms with Gasteiger partial charge in [-0.25, -0.2) is 0 Å². The molecule has 0 amide bonds. The number of hydrogen-bond acceptors (Lipinski definition) is 3. The van der Waals surface area contributed by atoms with Crippen molar-refractivity contribution in [2.45, 2.75) is 44.8 Å². The van der Waals surface area contributed by atoms with Gasteiger partial charge in [-0.3, -0.25) is 9.69 Å². The van der Waals surface area contributed by atoms with Crippen molar-refractivity contribution in [3.8, 4) is 0 Å². The molecule has 2 rings (SSSR count). The first-order chi connectivity index (χ1) is 6.74. The molecule has 3 nitrogen and oxygen atoms in total. The number of carbonyl (C=O) groups excluding carboxylic acids is 1. The molecule has 80 valence electrons. The lowest BCUT2D eigenvalue weighted by Gasteiger charge is -2.27. The van der Waals surface area contributed by atoms with Gasteiger partial charge in [-0.1, -0.05) is 0 Å². The second kappa shape index (κ2) is 4.41. The number of ether oxygens (including phenoxy) is 1. The zero-order valence-electron chi connectivity index (χ0n) is 8.87. The molecule has 2 aliphatic heterocycles. The Morgan fingerprint density at radius 2 is 2.36 bits per heavy atom. The third-order valence-electron chi connectivity index (χ3n) is 3.11. The number of hydrogen-bond donors (Lipinski definition) is 0. The number of piperidine rings is 1. The molecule has 0 aromatic carbocycles. The van der Waals surface area contributed by atoms with E-state index in [1.54, 1.807) is 0 Å². The fourth-order valence-corrected chi connectivity index (χ4v) is 2.37. The normalized spacial score (nSPS) is 35.1. The first-order valence-electron chi connectivity index (χ1n) is 5.63. The summed E-state index contributed by atoms with van der Waals surface area (Å²) in [5, 5.41) is 0. The van der Waals surface area contributed by atoms with Crippen molar-refractivity contribution in [3.63, 3.8) is 0 Å². The summed E-state index contributed by atoms with van der Waals surface area (Å²) >= 11 is 0. The molecule has 0 spiro atoms. The maximum atomic E-state index is 11.2. The van der Waals surface area contributed by atoms with E-state index in [9.17, 15) is 4.79 Å². The fraction of sp³-hybridized carbons (Fsp3) is 0.909. The third kappa shape index (κ3) is 2.55. The van der Waals surface area contributed by atoms with Crippen LogP contribution < -0.4 is 0 Å². The molecule has 2 aliphatic rings. The SMILES string of the molecule is CC1CCC(CN2CCCC(=O)C2)O1. The molecule has 2 fully saturated rings. The molecule has 2 saturated heterocycles. The van der Waals surface area contributed by atoms with Crippen molar-refractivity contribution >= 4 is 5.78 Å². The lowest BCUT2D eigenvalue weighted by atomic mass is 10.1. The Bertz CT molecular complexity index is 217. The van der Waals surface area contributed by atoms with Gasteiger partial charge in [0, 0.05) is 13.0 Å². The van der Waals surface area contributed by atoms with E-state index < -0.39 is 0 Å². The van der Waals surface area contributed by atoms with Crippen LogP contribution in [0.4, 0.5) is 0 Å². The van der Waals surface area contributed by atoms with Crippen LogP contribution in [-0.4, -0.2) is 42.5 Å². The molecule has 2 unspecified atom stereocenters. The predicted molar refractivity (Wildman–Crippen MR) is 54.3 cm³/mol. The summed E-state index contributed by atoms with van der Waals surface area (Å²) in [6.07, 6.45) is 4.93. The van der Waals surface area contributed by atoms with Crippen LogP contribution in [0.3, 0.4) is 0 Å². The second-order valence-corrected chi connectivity index (χ2v) is 4.52. The number of likely N-dealkylation sites (tertiary alicyclic amines) is 1. The summed E-state index contributed by atoms with van der Waals surface area (Å²) < 4.78 is 5.75. The van der Waals surface area contributed by atoms with E-state index in [0.717, 1.165) is 32.4 Å². The predicted octanol–water partition coefficient (Wildman–Crippen LogP) is 1.22. The standard InChI is InChI=1S/C11H19NO2/c1-9-4-5-11(14-9)8-12-6-2-3-10(13)7-12/h9,11H,2-8H2,1H3. The van der Waals surface area contributed by atoms with Crippen LogP contribution in [0.1, 0.15) is 32.6 Å². The molecule has 0 radical (unpaired) electrons. The highest BCUT2D eigenvalue weighted by atomic mass is 16.5. The fourth-order valence-electron chi connectivity index (χ4n) is 2.37. The van der Waals surface area contributed by atoms with Gasteiger partial charge in [-0.15, -0.1) is 0 Å². The number of rotatable bonds is 2. The van der Waals surface area contributed by atoms with Gasteiger partial charge in [0.2, 0.25) is 0 Å². The Balaban J connectivity index is 1.76. The minimum atomic E-state index is 0.371. The number of Topliss-reactive ketones (excluding diaryl/α,β-unsaturated/α-hetero) is 1. The summed E-state index contributed by atoms with van der Waals surface area (Å²) in [6.45, 7) is 4.80. The van der Waals surface area contributed by atoms with Gasteiger partial charge in [0.25, 0.3) is 0 Å². The molecule has 3 heteroatoms. The maximum absolute atomic E-state index is 11.2. The van der Waals surface area contributed by atoms with Gasteiger partial charge < -0.3 is 4.74 Å². The quantitative estimate of drug-likeness (QED) is 0.666. The van der Waals surface area contributed by atoms with E-state index in [2.05, 4.69) is 11.8 Å². The van der Waals surface area contributed by atoms with Crippen LogP contribution in [0.5, 0.6) is 0 Å². The van der Waals surface area contributed by atoms with E-state index in [0.29, 0.717) is 24.5 Å². The molecular formula is C11H19NO2. The molecule has 0 aliphatic carbocycles. The number of nitrogens with zero attached hydrogens (tertiary/aromatic N) is 1. The summed E-state index contributed by atoms with van der Waals surface area (Å²) in [6, 6.07) is 0. The van der Waals surface area contributed by atoms with Gasteiger partial charge >= 0.3 is 0 Å². The summed E-state index contributed by atoms with van der Waals surface area (Å²) in [5.41, 5.74) is 0. The maximum Gasteiger partial charge on any atom is 0.146 e. The highest BCUT2D eigenvalue weighted by Gasteiger charge is 2.25. The summed E-state index contributed by atoms with van der Waals surface area (Å²) in [5.74, 6) is 0.391. The Kier molecular flexibility index (Phi) is 3.19. The zero-order valence-corrected chi connectivity index (χ0v) is 8.87. The minimum absolute atomic E-state index is 0.371. The molecule has 0 aromatic heterocycles. The van der Waals surface area contributed by atoms with Crippen LogP contribution in [0, 0.1) is 0 Å². The lowest BCUT2D eigenvalue weighted by Crippen LogP contribution is -2.40. The van der Waals surface area contributed by atoms with Gasteiger partial charge in [-0.2, -0.15) is 0 Å². The number of carbonyl (C=O) groups is 1. The topological polar surface area (TPSA) is 29.5 Å². The molecule has 0 bridgehead atoms. The smallest absolute Gasteiger partial charge is 0.146 e. The monoisotopic (exact) mass is 197 g/mol. The summed E-state index contributed by atoms with van der Waals surface area (Å²) in [7, 11) is 0. The molecule has 0 saturated carbocycles. The van der Waals surface area contributed by atoms with E-state index >= 15 is 0 Å². The molecular weight excluding hydrogens is 178 g/mol. The van der Waals surface area contributed by atoms with Gasteiger partial charge in [-0.05, 0) is 32.7 Å². The van der Waals surface area contributed by atoms with E-state index in [1.165, 1.54) is 6.42 Å². The molecule has 2 atom stereocenters. The van der Waals surface area contributed by atoms with Crippen molar-refractivity contribution in [1.29, 1.82) is 0 Å². The van der Waals surface area contributed by atoms with Crippen LogP contribution in [0.15, 0.2) is 0 Å². The van der Waals surface area contributed by atoms with E-state index in [1.807, 2.05) is 0 Å². The van der Waals surface area contributed by atoms with Gasteiger partial charge in [0.05, 0.1) is 18.8 Å². The van der Waals surface area contributed by atoms with Crippen LogP contribution in [0.25, 0.3) is 0 Å². The van der Waals surface area contributed by atoms with Crippen molar-refractivity contribution < 1.29 is 9.53 Å². The first kappa shape index (κ1) is 10.1. The molecule has 14 heavy (non-hydrogen) atoms. The lowest BCUT2D eigenvalue weighted by molar-refractivity contribution is -0.122. The first-order valence-corrected chi connectivity index (χ1v) is 5.63. The zero-order chi connectivity index (χ0) is 9.97. The van der Waals surface area contributed by atoms with Crippen molar-refractivity contribution in [1.82, 2.24) is 4.90 Å². The Morgan fingerprint density at radius 3 is 3.00 bits per heavy atom. The average Bonchev–Trinajstić information content (AvgIpc) is 2.51. The highest BCUT2D eigenvalue weighted by Crippen LogP contribution is 2.20. The Hall–Kier alpha value is -0.410. The summed E-state index contributed by atoms with van der Waals surface area (Å²) in [4.78, 5) is 13.5. The third-order valence-corrected chi connectivity index (χ3v) is 3.11. The van der Waals surface area contributed by atoms with Crippen molar-refractivity contribution in [2.24, 2.45) is 0 Å². The Labute approximate surface area is 85.4 Å². The number of ketones is 1. The largest absolute Gasteiger partial charge is 0.374 e. The Morgan fingerprint density at radius 1 is 1.50 bits per heavy atom.